The molecule has 0 bridgehead atoms. The van der Waals surface area contributed by atoms with E-state index < -0.39 is 23.2 Å². The molecular weight excluding hydrogens is 396 g/mol. The van der Waals surface area contributed by atoms with Gasteiger partial charge in [-0.05, 0) is 54.8 Å². The third kappa shape index (κ3) is 4.79. The van der Waals surface area contributed by atoms with Crippen molar-refractivity contribution in [3.05, 3.63) is 34.7 Å². The number of hydrogen-bond donors (Lipinski definition) is 1. The number of benzene rings is 1. The lowest BCUT2D eigenvalue weighted by Crippen LogP contribution is -2.48. The van der Waals surface area contributed by atoms with Crippen molar-refractivity contribution >= 4 is 40.9 Å². The van der Waals surface area contributed by atoms with Crippen molar-refractivity contribution in [2.24, 2.45) is 0 Å². The first kappa shape index (κ1) is 20.9. The lowest BCUT2D eigenvalue weighted by Gasteiger charge is -2.33. The maximum atomic E-state index is 12.6. The van der Waals surface area contributed by atoms with E-state index in [4.69, 9.17) is 4.74 Å². The second-order valence-corrected chi connectivity index (χ2v) is 7.79. The zero-order chi connectivity index (χ0) is 21.0. The highest BCUT2D eigenvalue weighted by molar-refractivity contribution is 8.18. The van der Waals surface area contributed by atoms with Crippen LogP contribution in [0.25, 0.3) is 6.08 Å². The summed E-state index contributed by atoms with van der Waals surface area (Å²) in [5.41, 5.74) is 0.726. The Labute approximate surface area is 172 Å². The molecule has 0 aliphatic carbocycles. The number of hydrogen-bond acceptors (Lipinski definition) is 6. The minimum absolute atomic E-state index is 0.0677. The SMILES string of the molecule is COc1cccc(C=C2SC(=O)N(CCC(=O)N3CCCCC3C(=O)O)C2=O)c1. The van der Waals surface area contributed by atoms with Crippen molar-refractivity contribution in [3.63, 3.8) is 0 Å². The average molecular weight is 418 g/mol. The zero-order valence-electron chi connectivity index (χ0n) is 16.0. The van der Waals surface area contributed by atoms with Crippen LogP contribution < -0.4 is 4.74 Å². The summed E-state index contributed by atoms with van der Waals surface area (Å²) in [5, 5.41) is 8.86. The number of carbonyl (C=O) groups is 4. The molecule has 2 heterocycles. The normalized spacial score (nSPS) is 21.0. The highest BCUT2D eigenvalue weighted by Crippen LogP contribution is 2.33. The zero-order valence-corrected chi connectivity index (χ0v) is 16.8. The summed E-state index contributed by atoms with van der Waals surface area (Å²) < 4.78 is 5.15. The molecule has 2 saturated heterocycles. The summed E-state index contributed by atoms with van der Waals surface area (Å²) in [5.74, 6) is -1.19. The van der Waals surface area contributed by atoms with Gasteiger partial charge in [-0.1, -0.05) is 12.1 Å². The Kier molecular flexibility index (Phi) is 6.58. The van der Waals surface area contributed by atoms with E-state index in [1.165, 1.54) is 4.90 Å². The summed E-state index contributed by atoms with van der Waals surface area (Å²) in [6.45, 7) is 0.315. The van der Waals surface area contributed by atoms with E-state index >= 15 is 0 Å². The molecule has 2 fully saturated rings. The Morgan fingerprint density at radius 3 is 2.83 bits per heavy atom. The maximum absolute atomic E-state index is 12.6. The molecule has 1 atom stereocenters. The van der Waals surface area contributed by atoms with Gasteiger partial charge in [0.1, 0.15) is 11.8 Å². The van der Waals surface area contributed by atoms with Crippen molar-refractivity contribution in [2.45, 2.75) is 31.7 Å². The summed E-state index contributed by atoms with van der Waals surface area (Å²) >= 11 is 0.821. The van der Waals surface area contributed by atoms with E-state index in [1.807, 2.05) is 0 Å². The molecule has 154 valence electrons. The van der Waals surface area contributed by atoms with E-state index in [2.05, 4.69) is 0 Å². The number of ether oxygens (including phenoxy) is 1. The Morgan fingerprint density at radius 1 is 1.31 bits per heavy atom. The van der Waals surface area contributed by atoms with Gasteiger partial charge in [0.25, 0.3) is 11.1 Å². The average Bonchev–Trinajstić information content (AvgIpc) is 2.98. The summed E-state index contributed by atoms with van der Waals surface area (Å²) in [4.78, 5) is 51.4. The van der Waals surface area contributed by atoms with Gasteiger partial charge in [0.2, 0.25) is 5.91 Å². The van der Waals surface area contributed by atoms with E-state index in [0.717, 1.165) is 35.1 Å². The predicted octanol–water partition coefficient (Wildman–Crippen LogP) is 2.59. The largest absolute Gasteiger partial charge is 0.497 e. The molecule has 0 saturated carbocycles. The smallest absolute Gasteiger partial charge is 0.326 e. The van der Waals surface area contributed by atoms with Crippen molar-refractivity contribution in [1.82, 2.24) is 9.80 Å². The number of rotatable bonds is 6. The first-order chi connectivity index (χ1) is 13.9. The number of amides is 3. The lowest BCUT2D eigenvalue weighted by atomic mass is 10.0. The van der Waals surface area contributed by atoms with E-state index in [1.54, 1.807) is 37.5 Å². The molecule has 29 heavy (non-hydrogen) atoms. The van der Waals surface area contributed by atoms with Crippen LogP contribution in [0.5, 0.6) is 5.75 Å². The fourth-order valence-corrected chi connectivity index (χ4v) is 4.28. The van der Waals surface area contributed by atoms with Crippen LogP contribution in [0, 0.1) is 0 Å². The van der Waals surface area contributed by atoms with Crippen LogP contribution in [0.15, 0.2) is 29.2 Å². The molecular formula is C20H22N2O6S. The van der Waals surface area contributed by atoms with Gasteiger partial charge in [-0.15, -0.1) is 0 Å². The summed E-state index contributed by atoms with van der Waals surface area (Å²) in [7, 11) is 1.54. The van der Waals surface area contributed by atoms with Crippen molar-refractivity contribution in [2.75, 3.05) is 20.2 Å². The number of carboxylic acid groups (broad SMARTS) is 1. The van der Waals surface area contributed by atoms with E-state index in [0.29, 0.717) is 18.7 Å². The van der Waals surface area contributed by atoms with Crippen LogP contribution in [0.1, 0.15) is 31.2 Å². The van der Waals surface area contributed by atoms with Gasteiger partial charge in [-0.3, -0.25) is 19.3 Å². The number of aliphatic carboxylic acids is 1. The number of thioether (sulfide) groups is 1. The quantitative estimate of drug-likeness (QED) is 0.708. The van der Waals surface area contributed by atoms with Gasteiger partial charge in [0.05, 0.1) is 12.0 Å². The number of likely N-dealkylation sites (tertiary alicyclic amines) is 1. The molecule has 0 aromatic heterocycles. The van der Waals surface area contributed by atoms with Crippen molar-refractivity contribution < 1.29 is 29.0 Å². The number of imide groups is 1. The number of piperidine rings is 1. The van der Waals surface area contributed by atoms with Crippen LogP contribution in [-0.2, 0) is 14.4 Å². The molecule has 2 aliphatic heterocycles. The standard InChI is InChI=1S/C20H22N2O6S/c1-28-14-6-4-5-13(11-14)12-16-18(24)22(20(27)29-16)10-8-17(23)21-9-3-2-7-15(21)19(25)26/h4-6,11-12,15H,2-3,7-10H2,1H3,(H,25,26). The highest BCUT2D eigenvalue weighted by atomic mass is 32.2. The van der Waals surface area contributed by atoms with Gasteiger partial charge in [-0.25, -0.2) is 4.79 Å². The maximum Gasteiger partial charge on any atom is 0.326 e. The molecule has 1 unspecified atom stereocenters. The molecule has 0 radical (unpaired) electrons. The molecule has 1 aromatic rings. The van der Waals surface area contributed by atoms with E-state index in [9.17, 15) is 24.3 Å². The third-order valence-electron chi connectivity index (χ3n) is 4.92. The Bertz CT molecular complexity index is 868. The van der Waals surface area contributed by atoms with Gasteiger partial charge in [0.15, 0.2) is 0 Å². The lowest BCUT2D eigenvalue weighted by molar-refractivity contribution is -0.152. The van der Waals surface area contributed by atoms with Gasteiger partial charge in [0, 0.05) is 19.5 Å². The second-order valence-electron chi connectivity index (χ2n) is 6.80. The predicted molar refractivity (Wildman–Crippen MR) is 107 cm³/mol. The summed E-state index contributed by atoms with van der Waals surface area (Å²) in [6, 6.07) is 6.27. The fourth-order valence-electron chi connectivity index (χ4n) is 3.41. The van der Waals surface area contributed by atoms with Crippen LogP contribution >= 0.6 is 11.8 Å². The van der Waals surface area contributed by atoms with Crippen LogP contribution in [0.3, 0.4) is 0 Å². The Morgan fingerprint density at radius 2 is 2.10 bits per heavy atom. The molecule has 1 N–H and O–H groups in total. The number of carboxylic acids is 1. The Hall–Kier alpha value is -2.81. The molecule has 3 amide bonds. The van der Waals surface area contributed by atoms with Gasteiger partial charge < -0.3 is 14.7 Å². The van der Waals surface area contributed by atoms with Crippen molar-refractivity contribution in [3.8, 4) is 5.75 Å². The number of methoxy groups -OCH3 is 1. The minimum atomic E-state index is -1.02. The molecule has 8 nitrogen and oxygen atoms in total. The van der Waals surface area contributed by atoms with Crippen LogP contribution in [0.4, 0.5) is 4.79 Å². The minimum Gasteiger partial charge on any atom is -0.497 e. The van der Waals surface area contributed by atoms with E-state index in [-0.39, 0.29) is 23.8 Å². The number of nitrogens with zero attached hydrogens (tertiary/aromatic N) is 2. The molecule has 3 rings (SSSR count). The monoisotopic (exact) mass is 418 g/mol. The molecule has 9 heteroatoms. The van der Waals surface area contributed by atoms with Crippen LogP contribution in [0.2, 0.25) is 0 Å². The first-order valence-electron chi connectivity index (χ1n) is 9.32. The highest BCUT2D eigenvalue weighted by Gasteiger charge is 2.37. The second kappa shape index (κ2) is 9.13. The third-order valence-corrected chi connectivity index (χ3v) is 5.83. The fraction of sp³-hybridized carbons (Fsp3) is 0.400. The number of carbonyl (C=O) groups excluding carboxylic acids is 3. The van der Waals surface area contributed by atoms with Gasteiger partial charge in [-0.2, -0.15) is 0 Å². The van der Waals surface area contributed by atoms with Crippen LogP contribution in [-0.4, -0.2) is 64.2 Å². The van der Waals surface area contributed by atoms with Gasteiger partial charge >= 0.3 is 5.97 Å². The molecule has 1 aromatic carbocycles. The van der Waals surface area contributed by atoms with Crippen molar-refractivity contribution in [1.29, 1.82) is 0 Å². The first-order valence-corrected chi connectivity index (χ1v) is 10.1. The molecule has 2 aliphatic rings. The summed E-state index contributed by atoms with van der Waals surface area (Å²) in [6.07, 6.45) is 3.46. The Balaban J connectivity index is 1.65. The molecule has 0 spiro atoms. The topological polar surface area (TPSA) is 104 Å².